The summed E-state index contributed by atoms with van der Waals surface area (Å²) in [5, 5.41) is 12.0. The lowest BCUT2D eigenvalue weighted by Crippen LogP contribution is -2.37. The van der Waals surface area contributed by atoms with Gasteiger partial charge in [-0.15, -0.1) is 0 Å². The van der Waals surface area contributed by atoms with E-state index in [0.29, 0.717) is 22.7 Å². The first kappa shape index (κ1) is 17.4. The minimum Gasteiger partial charge on any atom is -0.497 e. The molecule has 24 heavy (non-hydrogen) atoms. The maximum Gasteiger partial charge on any atom is 0.265 e. The SMILES string of the molecule is COc1cccc(NC(=O)C(Oc2ccccc2C#N)C(C)C)c1. The van der Waals surface area contributed by atoms with Crippen molar-refractivity contribution in [2.45, 2.75) is 20.0 Å². The summed E-state index contributed by atoms with van der Waals surface area (Å²) in [6.07, 6.45) is -0.717. The number of methoxy groups -OCH3 is 1. The number of anilines is 1. The lowest BCUT2D eigenvalue weighted by atomic mass is 10.1. The lowest BCUT2D eigenvalue weighted by molar-refractivity contribution is -0.124. The average molecular weight is 324 g/mol. The molecule has 124 valence electrons. The van der Waals surface area contributed by atoms with Crippen LogP contribution < -0.4 is 14.8 Å². The maximum absolute atomic E-state index is 12.6. The number of para-hydroxylation sites is 1. The number of benzene rings is 2. The van der Waals surface area contributed by atoms with Crippen molar-refractivity contribution >= 4 is 11.6 Å². The zero-order chi connectivity index (χ0) is 17.5. The van der Waals surface area contributed by atoms with E-state index in [9.17, 15) is 4.79 Å². The van der Waals surface area contributed by atoms with Crippen LogP contribution >= 0.6 is 0 Å². The number of carbonyl (C=O) groups is 1. The molecule has 2 aromatic rings. The quantitative estimate of drug-likeness (QED) is 0.881. The Kier molecular flexibility index (Phi) is 5.80. The third-order valence-electron chi connectivity index (χ3n) is 3.46. The van der Waals surface area contributed by atoms with Crippen LogP contribution in [0.15, 0.2) is 48.5 Å². The molecule has 0 aliphatic carbocycles. The van der Waals surface area contributed by atoms with Crippen LogP contribution in [0.1, 0.15) is 19.4 Å². The van der Waals surface area contributed by atoms with E-state index in [1.54, 1.807) is 55.6 Å². The van der Waals surface area contributed by atoms with Crippen LogP contribution in [-0.4, -0.2) is 19.1 Å². The summed E-state index contributed by atoms with van der Waals surface area (Å²) < 4.78 is 11.0. The van der Waals surface area contributed by atoms with Crippen LogP contribution in [0.2, 0.25) is 0 Å². The van der Waals surface area contributed by atoms with Gasteiger partial charge in [-0.25, -0.2) is 0 Å². The van der Waals surface area contributed by atoms with Crippen molar-refractivity contribution < 1.29 is 14.3 Å². The molecule has 0 aliphatic rings. The van der Waals surface area contributed by atoms with Gasteiger partial charge < -0.3 is 14.8 Å². The van der Waals surface area contributed by atoms with E-state index in [1.165, 1.54) is 0 Å². The van der Waals surface area contributed by atoms with E-state index in [1.807, 2.05) is 13.8 Å². The highest BCUT2D eigenvalue weighted by molar-refractivity contribution is 5.94. The Bertz CT molecular complexity index is 750. The number of nitriles is 1. The lowest BCUT2D eigenvalue weighted by Gasteiger charge is -2.22. The summed E-state index contributed by atoms with van der Waals surface area (Å²) in [6.45, 7) is 3.79. The van der Waals surface area contributed by atoms with Crippen molar-refractivity contribution in [3.63, 3.8) is 0 Å². The van der Waals surface area contributed by atoms with Gasteiger partial charge in [0, 0.05) is 11.8 Å². The molecule has 1 N–H and O–H groups in total. The van der Waals surface area contributed by atoms with Gasteiger partial charge in [0.25, 0.3) is 5.91 Å². The Morgan fingerprint density at radius 3 is 2.58 bits per heavy atom. The predicted molar refractivity (Wildman–Crippen MR) is 92.0 cm³/mol. The van der Waals surface area contributed by atoms with Crippen molar-refractivity contribution in [3.05, 3.63) is 54.1 Å². The first-order valence-electron chi connectivity index (χ1n) is 7.66. The third kappa shape index (κ3) is 4.26. The molecule has 0 radical (unpaired) electrons. The van der Waals surface area contributed by atoms with Gasteiger partial charge in [0.2, 0.25) is 0 Å². The largest absolute Gasteiger partial charge is 0.497 e. The van der Waals surface area contributed by atoms with E-state index in [4.69, 9.17) is 14.7 Å². The van der Waals surface area contributed by atoms with Crippen molar-refractivity contribution in [3.8, 4) is 17.6 Å². The maximum atomic E-state index is 12.6. The minimum atomic E-state index is -0.717. The number of nitrogens with one attached hydrogen (secondary N) is 1. The second-order valence-electron chi connectivity index (χ2n) is 5.61. The second kappa shape index (κ2) is 8.02. The van der Waals surface area contributed by atoms with Crippen LogP contribution in [0.3, 0.4) is 0 Å². The molecule has 0 heterocycles. The average Bonchev–Trinajstić information content (AvgIpc) is 2.59. The highest BCUT2D eigenvalue weighted by Crippen LogP contribution is 2.22. The predicted octanol–water partition coefficient (Wildman–Crippen LogP) is 3.61. The zero-order valence-corrected chi connectivity index (χ0v) is 13.9. The number of carbonyl (C=O) groups excluding carboxylic acids is 1. The van der Waals surface area contributed by atoms with Crippen molar-refractivity contribution in [1.29, 1.82) is 5.26 Å². The molecular formula is C19H20N2O3. The van der Waals surface area contributed by atoms with Crippen LogP contribution in [-0.2, 0) is 4.79 Å². The van der Waals surface area contributed by atoms with Gasteiger partial charge in [0.05, 0.1) is 12.7 Å². The molecule has 0 spiro atoms. The van der Waals surface area contributed by atoms with Gasteiger partial charge in [0.1, 0.15) is 17.6 Å². The Morgan fingerprint density at radius 2 is 1.92 bits per heavy atom. The van der Waals surface area contributed by atoms with Crippen LogP contribution in [0, 0.1) is 17.2 Å². The van der Waals surface area contributed by atoms with E-state index >= 15 is 0 Å². The molecule has 0 aromatic heterocycles. The monoisotopic (exact) mass is 324 g/mol. The number of hydrogen-bond acceptors (Lipinski definition) is 4. The topological polar surface area (TPSA) is 71.3 Å². The Balaban J connectivity index is 2.17. The van der Waals surface area contributed by atoms with Crippen molar-refractivity contribution in [1.82, 2.24) is 0 Å². The fourth-order valence-electron chi connectivity index (χ4n) is 2.21. The van der Waals surface area contributed by atoms with Gasteiger partial charge in [0.15, 0.2) is 6.10 Å². The summed E-state index contributed by atoms with van der Waals surface area (Å²) in [4.78, 5) is 12.6. The van der Waals surface area contributed by atoms with Gasteiger partial charge in [-0.05, 0) is 30.2 Å². The van der Waals surface area contributed by atoms with E-state index in [-0.39, 0.29) is 11.8 Å². The fourth-order valence-corrected chi connectivity index (χ4v) is 2.21. The summed E-state index contributed by atoms with van der Waals surface area (Å²) in [5.41, 5.74) is 1.03. The fraction of sp³-hybridized carbons (Fsp3) is 0.263. The van der Waals surface area contributed by atoms with E-state index in [0.717, 1.165) is 0 Å². The molecule has 0 aliphatic heterocycles. The Hall–Kier alpha value is -3.00. The second-order valence-corrected chi connectivity index (χ2v) is 5.61. The normalized spacial score (nSPS) is 11.5. The Morgan fingerprint density at radius 1 is 1.17 bits per heavy atom. The molecule has 0 fully saturated rings. The molecule has 1 atom stereocenters. The summed E-state index contributed by atoms with van der Waals surface area (Å²) in [5.74, 6) is 0.720. The number of nitrogens with zero attached hydrogens (tertiary/aromatic N) is 1. The smallest absolute Gasteiger partial charge is 0.265 e. The van der Waals surface area contributed by atoms with Crippen LogP contribution in [0.25, 0.3) is 0 Å². The highest BCUT2D eigenvalue weighted by atomic mass is 16.5. The molecule has 0 saturated carbocycles. The molecule has 5 heteroatoms. The standard InChI is InChI=1S/C19H20N2O3/c1-13(2)18(24-17-10-5-4-7-14(17)12-20)19(22)21-15-8-6-9-16(11-15)23-3/h4-11,13,18H,1-3H3,(H,21,22). The number of ether oxygens (including phenoxy) is 2. The zero-order valence-electron chi connectivity index (χ0n) is 13.9. The minimum absolute atomic E-state index is 0.0673. The molecule has 0 saturated heterocycles. The molecule has 1 amide bonds. The highest BCUT2D eigenvalue weighted by Gasteiger charge is 2.25. The van der Waals surface area contributed by atoms with Crippen LogP contribution in [0.4, 0.5) is 5.69 Å². The third-order valence-corrected chi connectivity index (χ3v) is 3.46. The Labute approximate surface area is 141 Å². The van der Waals surface area contributed by atoms with Gasteiger partial charge in [-0.2, -0.15) is 5.26 Å². The van der Waals surface area contributed by atoms with Gasteiger partial charge in [-0.1, -0.05) is 32.0 Å². The molecule has 5 nitrogen and oxygen atoms in total. The molecule has 2 aromatic carbocycles. The van der Waals surface area contributed by atoms with Crippen molar-refractivity contribution in [2.24, 2.45) is 5.92 Å². The van der Waals surface area contributed by atoms with E-state index < -0.39 is 6.10 Å². The molecular weight excluding hydrogens is 304 g/mol. The summed E-state index contributed by atoms with van der Waals surface area (Å²) in [6, 6.07) is 16.1. The summed E-state index contributed by atoms with van der Waals surface area (Å²) in [7, 11) is 1.57. The molecule has 2 rings (SSSR count). The van der Waals surface area contributed by atoms with E-state index in [2.05, 4.69) is 11.4 Å². The number of amides is 1. The molecule has 1 unspecified atom stereocenters. The van der Waals surface area contributed by atoms with Crippen molar-refractivity contribution in [2.75, 3.05) is 12.4 Å². The number of rotatable bonds is 6. The number of hydrogen-bond donors (Lipinski definition) is 1. The summed E-state index contributed by atoms with van der Waals surface area (Å²) >= 11 is 0. The first-order valence-corrected chi connectivity index (χ1v) is 7.66. The van der Waals surface area contributed by atoms with Crippen LogP contribution in [0.5, 0.6) is 11.5 Å². The van der Waals surface area contributed by atoms with Gasteiger partial charge in [-0.3, -0.25) is 4.79 Å². The molecule has 0 bridgehead atoms. The first-order chi connectivity index (χ1) is 11.5. The van der Waals surface area contributed by atoms with Gasteiger partial charge >= 0.3 is 0 Å².